The fourth-order valence-corrected chi connectivity index (χ4v) is 12.5. The van der Waals surface area contributed by atoms with Crippen LogP contribution in [0.1, 0.15) is 70.2 Å². The van der Waals surface area contributed by atoms with Crippen molar-refractivity contribution in [3.05, 3.63) is 292 Å². The van der Waals surface area contributed by atoms with E-state index in [-0.39, 0.29) is 76.3 Å². The van der Waals surface area contributed by atoms with E-state index < -0.39 is 30.0 Å². The number of rotatable bonds is 23. The fraction of sp³-hybridized carbons (Fsp3) is 0.208. The minimum atomic E-state index is -1.05. The molecule has 2 aliphatic rings. The van der Waals surface area contributed by atoms with E-state index in [0.717, 1.165) is 70.0 Å². The van der Waals surface area contributed by atoms with Gasteiger partial charge in [-0.05, 0) is 103 Å². The molecule has 5 N–H and O–H groups in total. The second-order valence-corrected chi connectivity index (χ2v) is 24.5. The second-order valence-electron chi connectivity index (χ2n) is 21.8. The summed E-state index contributed by atoms with van der Waals surface area (Å²) in [7, 11) is 0. The Balaban J connectivity index is 0.000000244. The fourth-order valence-electron chi connectivity index (χ4n) is 11.0. The van der Waals surface area contributed by atoms with Gasteiger partial charge in [-0.1, -0.05) is 200 Å². The summed E-state index contributed by atoms with van der Waals surface area (Å²) < 4.78 is 4.61. The molecule has 490 valence electrons. The quantitative estimate of drug-likeness (QED) is 0.0205. The molecule has 0 unspecified atom stereocenters. The van der Waals surface area contributed by atoms with Crippen LogP contribution in [-0.2, 0) is 82.9 Å². The molecule has 8 aromatic carbocycles. The van der Waals surface area contributed by atoms with Crippen molar-refractivity contribution in [2.45, 2.75) is 75.8 Å². The molecular formula is C72H69Br2Cl2N7Ni2O8-2. The maximum absolute atomic E-state index is 13.7. The molecule has 2 heterocycles. The van der Waals surface area contributed by atoms with Crippen LogP contribution >= 0.6 is 55.1 Å². The Morgan fingerprint density at radius 1 is 0.548 bits per heavy atom. The molecule has 0 bridgehead atoms. The number of amides is 2. The third-order valence-electron chi connectivity index (χ3n) is 15.4. The SMILES string of the molecule is C=[N+](CC(=O)O)[C-](c1ccccc1)c1ccccc1[N-]C(=O)[C@H]1CCCN1Cc1ccccc1.C=[N+]([C-](c1ccccc1)c1ccccc1[N-]C(=O)[C@H]1CCCN1Cc1ccccc1)[C@H](Cc1ccc(Br)cc1Cl)C(=O)O.N[C@H](Cc1ccc(Br)cc1Cl)C(=O)O.[Ni].[Ni]. The Kier molecular flexibility index (Phi) is 29.6. The molecule has 0 aromatic heterocycles. The number of nitrogens with two attached hydrogens (primary N) is 1. The molecule has 21 heteroatoms. The number of likely N-dealkylation sites (tertiary alicyclic amines) is 2. The summed E-state index contributed by atoms with van der Waals surface area (Å²) in [6.45, 7) is 11.0. The summed E-state index contributed by atoms with van der Waals surface area (Å²) in [5.41, 5.74) is 13.0. The molecule has 93 heavy (non-hydrogen) atoms. The first-order chi connectivity index (χ1) is 43.8. The zero-order chi connectivity index (χ0) is 65.0. The van der Waals surface area contributed by atoms with Gasteiger partial charge in [-0.2, -0.15) is 11.4 Å². The maximum Gasteiger partial charge on any atom is 0.372 e. The molecule has 0 aliphatic carbocycles. The van der Waals surface area contributed by atoms with Crippen LogP contribution in [-0.4, -0.2) is 121 Å². The Morgan fingerprint density at radius 3 is 1.34 bits per heavy atom. The van der Waals surface area contributed by atoms with Gasteiger partial charge in [0.05, 0.1) is 37.3 Å². The van der Waals surface area contributed by atoms with E-state index in [9.17, 15) is 34.2 Å². The number of carbonyl (C=O) groups is 5. The van der Waals surface area contributed by atoms with Crippen LogP contribution in [0.5, 0.6) is 0 Å². The van der Waals surface area contributed by atoms with Crippen molar-refractivity contribution in [2.75, 3.05) is 19.6 Å². The van der Waals surface area contributed by atoms with Crippen LogP contribution in [0.2, 0.25) is 10.0 Å². The van der Waals surface area contributed by atoms with E-state index in [0.29, 0.717) is 63.3 Å². The number of carboxylic acids is 3. The van der Waals surface area contributed by atoms with E-state index >= 15 is 0 Å². The molecule has 2 saturated heterocycles. The van der Waals surface area contributed by atoms with Gasteiger partial charge in [0.15, 0.2) is 0 Å². The van der Waals surface area contributed by atoms with E-state index in [1.165, 1.54) is 14.7 Å². The van der Waals surface area contributed by atoms with Crippen molar-refractivity contribution < 1.29 is 81.4 Å². The number of carboxylic acid groups (broad SMARTS) is 3. The predicted molar refractivity (Wildman–Crippen MR) is 364 cm³/mol. The third-order valence-corrected chi connectivity index (χ3v) is 17.1. The first kappa shape index (κ1) is 74.6. The Morgan fingerprint density at radius 2 is 0.935 bits per heavy atom. The van der Waals surface area contributed by atoms with Crippen molar-refractivity contribution in [1.82, 2.24) is 9.80 Å². The molecule has 15 nitrogen and oxygen atoms in total. The summed E-state index contributed by atoms with van der Waals surface area (Å²) in [6.07, 6.45) is 3.74. The smallest absolute Gasteiger partial charge is 0.372 e. The van der Waals surface area contributed by atoms with E-state index in [4.69, 9.17) is 34.0 Å². The van der Waals surface area contributed by atoms with Crippen LogP contribution in [0.15, 0.2) is 215 Å². The van der Waals surface area contributed by atoms with Gasteiger partial charge in [0.2, 0.25) is 12.6 Å². The third kappa shape index (κ3) is 21.3. The number of aliphatic carboxylic acids is 3. The second kappa shape index (κ2) is 36.9. The molecule has 8 aromatic rings. The molecule has 4 atom stereocenters. The molecule has 0 saturated carbocycles. The molecule has 10 rings (SSSR count). The molecule has 0 spiro atoms. The summed E-state index contributed by atoms with van der Waals surface area (Å²) in [5.74, 6) is -3.45. The van der Waals surface area contributed by atoms with Gasteiger partial charge in [-0.25, -0.2) is 18.7 Å². The Hall–Kier alpha value is -7.40. The largest absolute Gasteiger partial charge is 0.654 e. The average Bonchev–Trinajstić information content (AvgIpc) is 1.12. The van der Waals surface area contributed by atoms with Gasteiger partial charge in [-0.3, -0.25) is 14.6 Å². The van der Waals surface area contributed by atoms with E-state index in [2.05, 4.69) is 90.0 Å². The number of hydrogen-bond donors (Lipinski definition) is 4. The van der Waals surface area contributed by atoms with Gasteiger partial charge >= 0.3 is 17.9 Å². The minimum absolute atomic E-state index is 0. The zero-order valence-electron chi connectivity index (χ0n) is 50.4. The maximum atomic E-state index is 13.7. The first-order valence-corrected chi connectivity index (χ1v) is 31.8. The topological polar surface area (TPSA) is 213 Å². The molecule has 2 amide bonds. The van der Waals surface area contributed by atoms with Crippen molar-refractivity contribution in [3.63, 3.8) is 0 Å². The van der Waals surface area contributed by atoms with Crippen molar-refractivity contribution >= 4 is 110 Å². The van der Waals surface area contributed by atoms with E-state index in [1.807, 2.05) is 146 Å². The van der Waals surface area contributed by atoms with Gasteiger partial charge in [0.25, 0.3) is 0 Å². The van der Waals surface area contributed by atoms with Crippen molar-refractivity contribution in [3.8, 4) is 0 Å². The van der Waals surface area contributed by atoms with Gasteiger partial charge in [0.1, 0.15) is 18.1 Å². The van der Waals surface area contributed by atoms with Crippen LogP contribution < -0.4 is 5.73 Å². The van der Waals surface area contributed by atoms with Crippen molar-refractivity contribution in [1.29, 1.82) is 0 Å². The first-order valence-electron chi connectivity index (χ1n) is 29.4. The molecule has 0 radical (unpaired) electrons. The Labute approximate surface area is 589 Å². The number of nitrogens with zero attached hydrogens (tertiary/aromatic N) is 6. The van der Waals surface area contributed by atoms with Crippen LogP contribution in [0.3, 0.4) is 0 Å². The minimum Gasteiger partial charge on any atom is -0.654 e. The molecular weight excluding hydrogens is 1440 g/mol. The predicted octanol–water partition coefficient (Wildman–Crippen LogP) is 14.3. The van der Waals surface area contributed by atoms with Crippen LogP contribution in [0.25, 0.3) is 10.6 Å². The standard InChI is InChI=1S/C35H33BrClN3O3.C28H29N3O3.C9H9BrClNO2.2Ni/c1-39(32(35(42)43)21-26-18-19-27(36)22-29(26)37)33(25-13-6-3-7-14-25)28-15-8-9-16-30(28)38-34(41)31-17-10-20-40(31)23-24-11-4-2-5-12-24;1-30(20-26(32)33)27(22-13-6-3-7-14-22)23-15-8-9-16-24(23)29-28(34)25-17-10-18-31(25)19-21-11-4-2-5-12-21;10-6-2-1-5(7(11)4-6)3-8(12)9(13)14;;/h2-9,11-16,18-19,22,31-32H,1,10,17,20-21,23H2,(H2,38,41,42,43);2-9,11-16,25H,1,10,17-20H2,(H2,29,32,33,34);1-2,4,8H,3,12H2,(H,13,14);;/p-2/t31-,32-;25-;8-;;/m111../s1. The van der Waals surface area contributed by atoms with Gasteiger partial charge in [0, 0.05) is 71.5 Å². The summed E-state index contributed by atoms with van der Waals surface area (Å²) in [4.78, 5) is 66.0. The number of para-hydroxylation sites is 2. The summed E-state index contributed by atoms with van der Waals surface area (Å²) >= 11 is 19.0. The summed E-state index contributed by atoms with van der Waals surface area (Å²) in [6, 6.07) is 63.1. The van der Waals surface area contributed by atoms with Gasteiger partial charge < -0.3 is 41.3 Å². The molecule has 2 aliphatic heterocycles. The number of benzene rings is 8. The average molecular weight is 1510 g/mol. The van der Waals surface area contributed by atoms with E-state index in [1.54, 1.807) is 36.4 Å². The summed E-state index contributed by atoms with van der Waals surface area (Å²) in [5, 5.41) is 38.5. The zero-order valence-corrected chi connectivity index (χ0v) is 57.1. The number of hydrogen-bond acceptors (Lipinski definition) is 8. The number of halogens is 4. The van der Waals surface area contributed by atoms with Crippen molar-refractivity contribution in [2.24, 2.45) is 5.73 Å². The van der Waals surface area contributed by atoms with Crippen LogP contribution in [0, 0.1) is 12.1 Å². The normalized spacial score (nSPS) is 14.8. The molecule has 2 fully saturated rings. The Bertz CT molecular complexity index is 3830. The van der Waals surface area contributed by atoms with Crippen LogP contribution in [0.4, 0.5) is 11.4 Å². The van der Waals surface area contributed by atoms with Gasteiger partial charge in [-0.15, -0.1) is 48.5 Å². The number of carbonyl (C=O) groups excluding carboxylic acids is 2. The monoisotopic (exact) mass is 1500 g/mol.